The van der Waals surface area contributed by atoms with E-state index in [1.807, 2.05) is 29.6 Å². The molecule has 2 rings (SSSR count). The van der Waals surface area contributed by atoms with Crippen LogP contribution in [0, 0.1) is 0 Å². The molecule has 0 bridgehead atoms. The Balaban J connectivity index is 2.41. The van der Waals surface area contributed by atoms with Gasteiger partial charge in [0.25, 0.3) is 0 Å². The van der Waals surface area contributed by atoms with E-state index in [0.717, 1.165) is 19.4 Å². The summed E-state index contributed by atoms with van der Waals surface area (Å²) in [5, 5.41) is 2.55. The van der Waals surface area contributed by atoms with Crippen molar-refractivity contribution in [3.05, 3.63) is 54.1 Å². The van der Waals surface area contributed by atoms with Gasteiger partial charge < -0.3 is 0 Å². The summed E-state index contributed by atoms with van der Waals surface area (Å²) in [6.45, 7) is 0. The molecule has 0 N–H and O–H groups in total. The quantitative estimate of drug-likeness (QED) is 0.522. The minimum Gasteiger partial charge on any atom is -0.146 e. The zero-order valence-electron chi connectivity index (χ0n) is 7.88. The Kier molecular flexibility index (Phi) is 4.36. The van der Waals surface area contributed by atoms with Gasteiger partial charge in [0, 0.05) is 18.8 Å². The summed E-state index contributed by atoms with van der Waals surface area (Å²) in [5.74, 6) is 0. The van der Waals surface area contributed by atoms with Gasteiger partial charge in [0.15, 0.2) is 0 Å². The van der Waals surface area contributed by atoms with Gasteiger partial charge in [-0.2, -0.15) is 0 Å². The van der Waals surface area contributed by atoms with Crippen molar-refractivity contribution in [3.8, 4) is 0 Å². The minimum atomic E-state index is -0.166. The second-order valence-corrected chi connectivity index (χ2v) is 6.69. The van der Waals surface area contributed by atoms with Crippen LogP contribution in [0.25, 0.3) is 0 Å². The van der Waals surface area contributed by atoms with Gasteiger partial charge >= 0.3 is 0 Å². The predicted molar refractivity (Wildman–Crippen MR) is 78.9 cm³/mol. The first-order valence-corrected chi connectivity index (χ1v) is 7.69. The number of hydrogen-bond acceptors (Lipinski definition) is 1. The molecule has 1 heterocycles. The van der Waals surface area contributed by atoms with Crippen LogP contribution >= 0.6 is 66.4 Å². The lowest BCUT2D eigenvalue weighted by Gasteiger charge is -2.11. The van der Waals surface area contributed by atoms with Crippen LogP contribution in [-0.4, -0.2) is 0 Å². The van der Waals surface area contributed by atoms with Crippen LogP contribution in [0.3, 0.4) is 0 Å². The maximum absolute atomic E-state index is 6.44. The Morgan fingerprint density at radius 1 is 1.12 bits per heavy atom. The summed E-state index contributed by atoms with van der Waals surface area (Å²) in [6, 6.07) is 7.64. The molecule has 0 saturated heterocycles. The highest BCUT2D eigenvalue weighted by Gasteiger charge is 2.17. The van der Waals surface area contributed by atoms with Crippen molar-refractivity contribution in [3.63, 3.8) is 0 Å². The topological polar surface area (TPSA) is 0 Å². The van der Waals surface area contributed by atoms with Gasteiger partial charge in [0.1, 0.15) is 0 Å². The molecule has 5 heteroatoms. The van der Waals surface area contributed by atoms with E-state index in [1.165, 1.54) is 0 Å². The van der Waals surface area contributed by atoms with Crippen molar-refractivity contribution in [2.75, 3.05) is 0 Å². The first-order chi connectivity index (χ1) is 7.59. The molecule has 2 aromatic rings. The monoisotopic (exact) mass is 398 g/mol. The van der Waals surface area contributed by atoms with Crippen LogP contribution in [-0.2, 0) is 0 Å². The third-order valence-corrected chi connectivity index (χ3v) is 5.55. The van der Waals surface area contributed by atoms with Crippen molar-refractivity contribution in [2.45, 2.75) is 5.38 Å². The summed E-state index contributed by atoms with van der Waals surface area (Å²) in [6.07, 6.45) is 0. The first-order valence-electron chi connectivity index (χ1n) is 4.41. The lowest BCUT2D eigenvalue weighted by Crippen LogP contribution is -1.92. The Morgan fingerprint density at radius 3 is 2.44 bits per heavy atom. The van der Waals surface area contributed by atoms with Gasteiger partial charge in [-0.15, -0.1) is 22.9 Å². The molecule has 1 aromatic carbocycles. The van der Waals surface area contributed by atoms with E-state index in [0.29, 0.717) is 5.02 Å². The first kappa shape index (κ1) is 12.9. The Labute approximate surface area is 125 Å². The van der Waals surface area contributed by atoms with E-state index < -0.39 is 0 Å². The molecule has 0 radical (unpaired) electrons. The van der Waals surface area contributed by atoms with Crippen LogP contribution in [0.2, 0.25) is 5.02 Å². The number of alkyl halides is 1. The molecule has 0 aliphatic rings. The smallest absolute Gasteiger partial charge is 0.0949 e. The van der Waals surface area contributed by atoms with E-state index in [9.17, 15) is 0 Å². The molecule has 0 amide bonds. The van der Waals surface area contributed by atoms with Crippen molar-refractivity contribution < 1.29 is 0 Å². The third-order valence-electron chi connectivity index (χ3n) is 2.11. The van der Waals surface area contributed by atoms with Crippen LogP contribution in [0.15, 0.2) is 38.6 Å². The molecule has 0 aliphatic heterocycles. The summed E-state index contributed by atoms with van der Waals surface area (Å²) < 4.78 is 1.97. The highest BCUT2D eigenvalue weighted by Crippen LogP contribution is 2.40. The third kappa shape index (κ3) is 2.65. The number of thiophene rings is 1. The molecule has 0 spiro atoms. The molecule has 1 aromatic heterocycles. The number of halogens is 4. The standard InChI is InChI=1S/C11H6Br2Cl2S/c12-8-3-4-16-11(8)10(15)7-2-1-6(14)5-9(7)13/h1-5,10H. The van der Waals surface area contributed by atoms with Crippen molar-refractivity contribution in [2.24, 2.45) is 0 Å². The van der Waals surface area contributed by atoms with Crippen LogP contribution in [0.5, 0.6) is 0 Å². The average molecular weight is 401 g/mol. The number of rotatable bonds is 2. The van der Waals surface area contributed by atoms with E-state index >= 15 is 0 Å². The Bertz CT molecular complexity index is 510. The maximum atomic E-state index is 6.44. The normalized spacial score (nSPS) is 12.8. The molecular formula is C11H6Br2Cl2S. The molecule has 0 fully saturated rings. The van der Waals surface area contributed by atoms with Crippen molar-refractivity contribution >= 4 is 66.4 Å². The largest absolute Gasteiger partial charge is 0.146 e. The fourth-order valence-corrected chi connectivity index (χ4v) is 4.57. The summed E-state index contributed by atoms with van der Waals surface area (Å²) in [5.41, 5.74) is 1.02. The van der Waals surface area contributed by atoms with Gasteiger partial charge in [-0.1, -0.05) is 33.6 Å². The Morgan fingerprint density at radius 2 is 1.88 bits per heavy atom. The van der Waals surface area contributed by atoms with Gasteiger partial charge in [-0.05, 0) is 45.1 Å². The zero-order chi connectivity index (χ0) is 11.7. The Hall–Kier alpha value is 0.460. The lowest BCUT2D eigenvalue weighted by molar-refractivity contribution is 1.16. The number of hydrogen-bond donors (Lipinski definition) is 0. The van der Waals surface area contributed by atoms with E-state index in [1.54, 1.807) is 11.3 Å². The molecule has 84 valence electrons. The van der Waals surface area contributed by atoms with Gasteiger partial charge in [-0.25, -0.2) is 0 Å². The van der Waals surface area contributed by atoms with E-state index in [-0.39, 0.29) is 5.38 Å². The molecular weight excluding hydrogens is 395 g/mol. The zero-order valence-corrected chi connectivity index (χ0v) is 13.4. The van der Waals surface area contributed by atoms with Gasteiger partial charge in [0.2, 0.25) is 0 Å². The summed E-state index contributed by atoms with van der Waals surface area (Å²) >= 11 is 20.9. The molecule has 0 saturated carbocycles. The molecule has 1 unspecified atom stereocenters. The minimum absolute atomic E-state index is 0.166. The van der Waals surface area contributed by atoms with E-state index in [2.05, 4.69) is 31.9 Å². The second-order valence-electron chi connectivity index (χ2n) is 3.16. The lowest BCUT2D eigenvalue weighted by atomic mass is 10.1. The maximum Gasteiger partial charge on any atom is 0.0949 e. The molecule has 0 aliphatic carbocycles. The second kappa shape index (κ2) is 5.40. The van der Waals surface area contributed by atoms with Crippen molar-refractivity contribution in [1.82, 2.24) is 0 Å². The fourth-order valence-electron chi connectivity index (χ4n) is 1.33. The summed E-state index contributed by atoms with van der Waals surface area (Å²) in [4.78, 5) is 1.10. The van der Waals surface area contributed by atoms with Crippen LogP contribution < -0.4 is 0 Å². The highest BCUT2D eigenvalue weighted by molar-refractivity contribution is 9.10. The fraction of sp³-hybridized carbons (Fsp3) is 0.0909. The SMILES string of the molecule is Clc1ccc(C(Cl)c2sccc2Br)c(Br)c1. The molecule has 16 heavy (non-hydrogen) atoms. The molecule has 1 atom stereocenters. The van der Waals surface area contributed by atoms with Gasteiger partial charge in [-0.3, -0.25) is 0 Å². The van der Waals surface area contributed by atoms with E-state index in [4.69, 9.17) is 23.2 Å². The highest BCUT2D eigenvalue weighted by atomic mass is 79.9. The van der Waals surface area contributed by atoms with Crippen LogP contribution in [0.1, 0.15) is 15.8 Å². The van der Waals surface area contributed by atoms with Crippen molar-refractivity contribution in [1.29, 1.82) is 0 Å². The predicted octanol–water partition coefficient (Wildman–Crippen LogP) is 6.25. The summed E-state index contributed by atoms with van der Waals surface area (Å²) in [7, 11) is 0. The number of benzene rings is 1. The van der Waals surface area contributed by atoms with Crippen LogP contribution in [0.4, 0.5) is 0 Å². The average Bonchev–Trinajstić information content (AvgIpc) is 2.63. The molecule has 0 nitrogen and oxygen atoms in total. The van der Waals surface area contributed by atoms with Gasteiger partial charge in [0.05, 0.1) is 5.38 Å².